The van der Waals surface area contributed by atoms with Crippen LogP contribution in [0.2, 0.25) is 0 Å². The van der Waals surface area contributed by atoms with E-state index in [1.165, 1.54) is 24.3 Å². The first-order valence-corrected chi connectivity index (χ1v) is 8.78. The summed E-state index contributed by atoms with van der Waals surface area (Å²) in [5, 5.41) is 57.9. The Kier molecular flexibility index (Phi) is 6.05. The Morgan fingerprint density at radius 2 is 0.929 bits per heavy atom. The Bertz CT molecular complexity index is 841. The number of hydrogen-bond donors (Lipinski definition) is 6. The van der Waals surface area contributed by atoms with E-state index >= 15 is 0 Å². The van der Waals surface area contributed by atoms with Gasteiger partial charge in [-0.2, -0.15) is 0 Å². The van der Waals surface area contributed by atoms with E-state index in [0.717, 1.165) is 11.1 Å². The first kappa shape index (κ1) is 20.0. The molecule has 28 heavy (non-hydrogen) atoms. The lowest BCUT2D eigenvalue weighted by Crippen LogP contribution is -2.30. The summed E-state index contributed by atoms with van der Waals surface area (Å²) in [4.78, 5) is 8.83. The standard InChI is InChI=1S/C20H22N2O6/c23-7-11(8-24)21-19-17-5-13(27)1-3-15(17)16-4-2-14(28)6-18(16)20(19)22-12(9-25)10-26/h1-6,11-12,23-28H,7-10H2/b21-19+,22-20+. The summed E-state index contributed by atoms with van der Waals surface area (Å²) < 4.78 is 0. The fraction of sp³-hybridized carbons (Fsp3) is 0.300. The zero-order chi connectivity index (χ0) is 20.3. The molecule has 0 atom stereocenters. The summed E-state index contributed by atoms with van der Waals surface area (Å²) >= 11 is 0. The van der Waals surface area contributed by atoms with Gasteiger partial charge in [-0.25, -0.2) is 0 Å². The third-order valence-electron chi connectivity index (χ3n) is 4.50. The highest BCUT2D eigenvalue weighted by Gasteiger charge is 2.29. The SMILES string of the molecule is OCC(CO)/N=C1/C(=N/C(CO)CO)c2cc(O)ccc2-c2ccc(O)cc21. The number of aliphatic imine (C=N–C) groups is 2. The summed E-state index contributed by atoms with van der Waals surface area (Å²) in [5.41, 5.74) is 3.07. The van der Waals surface area contributed by atoms with E-state index in [1.54, 1.807) is 12.1 Å². The Labute approximate surface area is 161 Å². The van der Waals surface area contributed by atoms with Gasteiger partial charge >= 0.3 is 0 Å². The monoisotopic (exact) mass is 386 g/mol. The van der Waals surface area contributed by atoms with Gasteiger partial charge in [0.2, 0.25) is 0 Å². The Morgan fingerprint density at radius 1 is 0.571 bits per heavy atom. The minimum atomic E-state index is -0.823. The Hall–Kier alpha value is -2.78. The molecule has 1 aliphatic carbocycles. The molecule has 0 saturated carbocycles. The number of phenols is 2. The molecule has 148 valence electrons. The molecule has 0 aliphatic heterocycles. The van der Waals surface area contributed by atoms with Crippen LogP contribution in [0.25, 0.3) is 11.1 Å². The molecular weight excluding hydrogens is 364 g/mol. The number of rotatable bonds is 6. The molecular formula is C20H22N2O6. The fourth-order valence-corrected chi connectivity index (χ4v) is 3.09. The summed E-state index contributed by atoms with van der Waals surface area (Å²) in [6.45, 7) is -1.62. The van der Waals surface area contributed by atoms with Crippen molar-refractivity contribution in [2.45, 2.75) is 12.1 Å². The van der Waals surface area contributed by atoms with Crippen LogP contribution in [0, 0.1) is 0 Å². The van der Waals surface area contributed by atoms with Crippen molar-refractivity contribution >= 4 is 11.4 Å². The molecule has 2 aromatic carbocycles. The molecule has 0 spiro atoms. The molecule has 0 fully saturated rings. The van der Waals surface area contributed by atoms with E-state index in [-0.39, 0.29) is 22.9 Å². The summed E-state index contributed by atoms with van der Waals surface area (Å²) in [5.74, 6) is -0.00289. The minimum Gasteiger partial charge on any atom is -0.508 e. The van der Waals surface area contributed by atoms with Crippen LogP contribution in [0.5, 0.6) is 11.5 Å². The van der Waals surface area contributed by atoms with Gasteiger partial charge in [-0.15, -0.1) is 0 Å². The molecule has 1 aliphatic rings. The van der Waals surface area contributed by atoms with Crippen molar-refractivity contribution < 1.29 is 30.6 Å². The third kappa shape index (κ3) is 3.76. The van der Waals surface area contributed by atoms with Crippen LogP contribution >= 0.6 is 0 Å². The molecule has 3 rings (SSSR count). The second-order valence-corrected chi connectivity index (χ2v) is 6.45. The van der Waals surface area contributed by atoms with E-state index in [2.05, 4.69) is 9.98 Å². The summed E-state index contributed by atoms with van der Waals surface area (Å²) in [7, 11) is 0. The second-order valence-electron chi connectivity index (χ2n) is 6.45. The highest BCUT2D eigenvalue weighted by molar-refractivity contribution is 6.57. The van der Waals surface area contributed by atoms with Gasteiger partial charge in [0.1, 0.15) is 11.5 Å². The highest BCUT2D eigenvalue weighted by Crippen LogP contribution is 2.37. The number of phenolic OH excluding ortho intramolecular Hbond substituents is 2. The number of aromatic hydroxyl groups is 2. The average Bonchev–Trinajstić information content (AvgIpc) is 2.70. The van der Waals surface area contributed by atoms with Gasteiger partial charge in [0.15, 0.2) is 0 Å². The molecule has 0 radical (unpaired) electrons. The summed E-state index contributed by atoms with van der Waals surface area (Å²) in [6.07, 6.45) is 0. The van der Waals surface area contributed by atoms with Crippen molar-refractivity contribution in [2.24, 2.45) is 9.98 Å². The molecule has 0 amide bonds. The molecule has 8 nitrogen and oxygen atoms in total. The van der Waals surface area contributed by atoms with Crippen molar-refractivity contribution in [3.63, 3.8) is 0 Å². The van der Waals surface area contributed by atoms with E-state index < -0.39 is 38.5 Å². The minimum absolute atomic E-state index is 0.00144. The fourth-order valence-electron chi connectivity index (χ4n) is 3.09. The lowest BCUT2D eigenvalue weighted by atomic mass is 9.82. The Morgan fingerprint density at radius 3 is 1.25 bits per heavy atom. The number of aliphatic hydroxyl groups excluding tert-OH is 4. The normalized spacial score (nSPS) is 16.1. The predicted octanol–water partition coefficient (Wildman–Crippen LogP) is 0.0630. The Balaban J connectivity index is 2.35. The maximum absolute atomic E-state index is 9.99. The smallest absolute Gasteiger partial charge is 0.116 e. The highest BCUT2D eigenvalue weighted by atomic mass is 16.3. The van der Waals surface area contributed by atoms with Gasteiger partial charge in [-0.1, -0.05) is 12.1 Å². The number of fused-ring (bicyclic) bond motifs is 3. The lowest BCUT2D eigenvalue weighted by molar-refractivity contribution is 0.194. The lowest BCUT2D eigenvalue weighted by Gasteiger charge is -2.26. The van der Waals surface area contributed by atoms with Crippen LogP contribution in [0.4, 0.5) is 0 Å². The van der Waals surface area contributed by atoms with Crippen molar-refractivity contribution in [3.8, 4) is 22.6 Å². The van der Waals surface area contributed by atoms with Crippen molar-refractivity contribution in [1.82, 2.24) is 0 Å². The predicted molar refractivity (Wildman–Crippen MR) is 104 cm³/mol. The van der Waals surface area contributed by atoms with Gasteiger partial charge in [-0.05, 0) is 35.4 Å². The molecule has 8 heteroatoms. The number of aliphatic hydroxyl groups is 4. The first-order chi connectivity index (χ1) is 13.5. The van der Waals surface area contributed by atoms with Crippen LogP contribution in [-0.4, -0.2) is 80.6 Å². The number of hydrogen-bond acceptors (Lipinski definition) is 8. The van der Waals surface area contributed by atoms with Gasteiger partial charge in [0.25, 0.3) is 0 Å². The maximum atomic E-state index is 9.99. The van der Waals surface area contributed by atoms with Crippen molar-refractivity contribution in [1.29, 1.82) is 0 Å². The topological polar surface area (TPSA) is 146 Å². The van der Waals surface area contributed by atoms with E-state index in [9.17, 15) is 30.6 Å². The van der Waals surface area contributed by atoms with Crippen LogP contribution in [-0.2, 0) is 0 Å². The van der Waals surface area contributed by atoms with Gasteiger partial charge in [-0.3, -0.25) is 9.98 Å². The zero-order valence-corrected chi connectivity index (χ0v) is 15.0. The van der Waals surface area contributed by atoms with Crippen LogP contribution in [0.3, 0.4) is 0 Å². The van der Waals surface area contributed by atoms with Crippen LogP contribution < -0.4 is 0 Å². The van der Waals surface area contributed by atoms with E-state index in [4.69, 9.17) is 0 Å². The number of benzene rings is 2. The van der Waals surface area contributed by atoms with Gasteiger partial charge in [0.05, 0.1) is 49.9 Å². The third-order valence-corrected chi connectivity index (χ3v) is 4.50. The molecule has 6 N–H and O–H groups in total. The largest absolute Gasteiger partial charge is 0.508 e. The van der Waals surface area contributed by atoms with E-state index in [1.807, 2.05) is 0 Å². The molecule has 0 aromatic heterocycles. The quantitative estimate of drug-likeness (QED) is 0.414. The zero-order valence-electron chi connectivity index (χ0n) is 15.0. The second kappa shape index (κ2) is 8.49. The molecule has 0 bridgehead atoms. The summed E-state index contributed by atoms with van der Waals surface area (Å²) in [6, 6.07) is 7.80. The van der Waals surface area contributed by atoms with Crippen molar-refractivity contribution in [2.75, 3.05) is 26.4 Å². The molecule has 0 unspecified atom stereocenters. The first-order valence-electron chi connectivity index (χ1n) is 8.78. The molecule has 0 heterocycles. The van der Waals surface area contributed by atoms with Crippen molar-refractivity contribution in [3.05, 3.63) is 47.5 Å². The van der Waals surface area contributed by atoms with Crippen LogP contribution in [0.15, 0.2) is 46.4 Å². The van der Waals surface area contributed by atoms with Gasteiger partial charge < -0.3 is 30.6 Å². The van der Waals surface area contributed by atoms with Gasteiger partial charge in [0, 0.05) is 11.1 Å². The molecule has 2 aromatic rings. The average molecular weight is 386 g/mol. The maximum Gasteiger partial charge on any atom is 0.116 e. The number of nitrogens with zero attached hydrogens (tertiary/aromatic N) is 2. The molecule has 0 saturated heterocycles. The van der Waals surface area contributed by atoms with E-state index in [0.29, 0.717) is 11.1 Å². The van der Waals surface area contributed by atoms with Crippen LogP contribution in [0.1, 0.15) is 11.1 Å².